The van der Waals surface area contributed by atoms with Gasteiger partial charge in [0.25, 0.3) is 0 Å². The van der Waals surface area contributed by atoms with Crippen molar-refractivity contribution in [3.63, 3.8) is 0 Å². The van der Waals surface area contributed by atoms with Crippen molar-refractivity contribution in [1.29, 1.82) is 0 Å². The lowest BCUT2D eigenvalue weighted by Gasteiger charge is -2.41. The Labute approximate surface area is 228 Å². The van der Waals surface area contributed by atoms with Crippen molar-refractivity contribution in [2.24, 2.45) is 0 Å². The number of hydrogen-bond acceptors (Lipinski definition) is 5. The molecule has 8 nitrogen and oxygen atoms in total. The lowest BCUT2D eigenvalue weighted by atomic mass is 10.1. The highest BCUT2D eigenvalue weighted by Gasteiger charge is 2.47. The molecule has 2 aliphatic rings. The van der Waals surface area contributed by atoms with E-state index in [0.717, 1.165) is 18.4 Å². The SMILES string of the molecule is CCCN(CCC)C(=O)CN1C(=O)N(CCCCCC(=O)NCc2ccccc2Cl)C(=O)C2SC=CC21. The van der Waals surface area contributed by atoms with Crippen LogP contribution < -0.4 is 5.32 Å². The minimum Gasteiger partial charge on any atom is -0.352 e. The molecule has 0 aliphatic carbocycles. The summed E-state index contributed by atoms with van der Waals surface area (Å²) in [4.78, 5) is 56.2. The molecular formula is C27H37ClN4O4S. The van der Waals surface area contributed by atoms with Gasteiger partial charge in [0.1, 0.15) is 11.8 Å². The van der Waals surface area contributed by atoms with E-state index in [1.165, 1.54) is 16.7 Å². The number of thioether (sulfide) groups is 1. The zero-order chi connectivity index (χ0) is 26.8. The molecule has 0 aromatic heterocycles. The molecule has 2 atom stereocenters. The van der Waals surface area contributed by atoms with E-state index >= 15 is 0 Å². The fourth-order valence-electron chi connectivity index (χ4n) is 4.58. The molecule has 0 radical (unpaired) electrons. The molecule has 2 aliphatic heterocycles. The van der Waals surface area contributed by atoms with Crippen molar-refractivity contribution in [3.05, 3.63) is 46.3 Å². The zero-order valence-electron chi connectivity index (χ0n) is 21.7. The van der Waals surface area contributed by atoms with Crippen molar-refractivity contribution >= 4 is 47.1 Å². The Kier molecular flexibility index (Phi) is 11.3. The number of halogens is 1. The molecule has 1 fully saturated rings. The van der Waals surface area contributed by atoms with Gasteiger partial charge in [0.2, 0.25) is 17.7 Å². The number of imide groups is 1. The quantitative estimate of drug-likeness (QED) is 0.347. The Morgan fingerprint density at radius 3 is 2.51 bits per heavy atom. The number of amides is 5. The summed E-state index contributed by atoms with van der Waals surface area (Å²) >= 11 is 7.52. The summed E-state index contributed by atoms with van der Waals surface area (Å²) in [5, 5.41) is 4.93. The molecular weight excluding hydrogens is 512 g/mol. The number of nitrogens with one attached hydrogen (secondary N) is 1. The van der Waals surface area contributed by atoms with Crippen LogP contribution in [0.2, 0.25) is 5.02 Å². The van der Waals surface area contributed by atoms with Gasteiger partial charge in [-0.1, -0.05) is 56.1 Å². The highest BCUT2D eigenvalue weighted by atomic mass is 35.5. The maximum atomic E-state index is 13.3. The maximum Gasteiger partial charge on any atom is 0.327 e. The minimum absolute atomic E-state index is 0.0275. The van der Waals surface area contributed by atoms with Gasteiger partial charge < -0.3 is 15.1 Å². The van der Waals surface area contributed by atoms with Gasteiger partial charge in [-0.15, -0.1) is 11.8 Å². The number of urea groups is 1. The summed E-state index contributed by atoms with van der Waals surface area (Å²) in [6.07, 6.45) is 5.87. The second kappa shape index (κ2) is 14.4. The van der Waals surface area contributed by atoms with Gasteiger partial charge in [0, 0.05) is 37.6 Å². The maximum absolute atomic E-state index is 13.3. The lowest BCUT2D eigenvalue weighted by molar-refractivity contribution is -0.136. The topological polar surface area (TPSA) is 90.0 Å². The summed E-state index contributed by atoms with van der Waals surface area (Å²) in [6, 6.07) is 6.59. The number of nitrogens with zero attached hydrogens (tertiary/aromatic N) is 3. The molecule has 10 heteroatoms. The van der Waals surface area contributed by atoms with Crippen LogP contribution in [0, 0.1) is 0 Å². The Morgan fingerprint density at radius 1 is 1.08 bits per heavy atom. The number of benzene rings is 1. The third-order valence-corrected chi connectivity index (χ3v) is 7.98. The predicted octanol–water partition coefficient (Wildman–Crippen LogP) is 4.43. The monoisotopic (exact) mass is 548 g/mol. The van der Waals surface area contributed by atoms with Crippen LogP contribution >= 0.6 is 23.4 Å². The largest absolute Gasteiger partial charge is 0.352 e. The van der Waals surface area contributed by atoms with E-state index in [1.54, 1.807) is 15.9 Å². The molecule has 0 saturated carbocycles. The van der Waals surface area contributed by atoms with Crippen LogP contribution in [0.1, 0.15) is 57.9 Å². The van der Waals surface area contributed by atoms with Crippen molar-refractivity contribution in [2.75, 3.05) is 26.2 Å². The number of carbonyl (C=O) groups excluding carboxylic acids is 4. The standard InChI is InChI=1S/C27H37ClN4O4S/c1-3-14-30(15-4-2)24(34)19-32-22-13-17-37-25(22)26(35)31(27(32)36)16-9-5-6-12-23(33)29-18-20-10-7-8-11-21(20)28/h7-8,10-11,13,17,22,25H,3-6,9,12,14-16,18-19H2,1-2H3,(H,29,33). The molecule has 1 aromatic rings. The van der Waals surface area contributed by atoms with Gasteiger partial charge in [0.15, 0.2) is 0 Å². The number of hydrogen-bond donors (Lipinski definition) is 1. The summed E-state index contributed by atoms with van der Waals surface area (Å²) in [5.74, 6) is -0.349. The highest BCUT2D eigenvalue weighted by molar-refractivity contribution is 8.03. The first-order chi connectivity index (χ1) is 17.9. The van der Waals surface area contributed by atoms with Crippen LogP contribution in [0.5, 0.6) is 0 Å². The summed E-state index contributed by atoms with van der Waals surface area (Å²) in [7, 11) is 0. The van der Waals surface area contributed by atoms with Crippen molar-refractivity contribution < 1.29 is 19.2 Å². The first kappa shape index (κ1) is 29.0. The third-order valence-electron chi connectivity index (χ3n) is 6.52. The number of rotatable bonds is 14. The van der Waals surface area contributed by atoms with Crippen LogP contribution in [-0.2, 0) is 20.9 Å². The van der Waals surface area contributed by atoms with E-state index in [4.69, 9.17) is 11.6 Å². The van der Waals surface area contributed by atoms with Gasteiger partial charge in [-0.25, -0.2) is 4.79 Å². The van der Waals surface area contributed by atoms with Crippen LogP contribution in [-0.4, -0.2) is 75.9 Å². The van der Waals surface area contributed by atoms with Crippen LogP contribution in [0.4, 0.5) is 4.79 Å². The van der Waals surface area contributed by atoms with Gasteiger partial charge in [0.05, 0.1) is 6.04 Å². The first-order valence-corrected chi connectivity index (χ1v) is 14.4. The van der Waals surface area contributed by atoms with E-state index in [-0.39, 0.29) is 30.8 Å². The van der Waals surface area contributed by atoms with Crippen molar-refractivity contribution in [2.45, 2.75) is 70.2 Å². The van der Waals surface area contributed by atoms with E-state index in [9.17, 15) is 19.2 Å². The van der Waals surface area contributed by atoms with E-state index in [2.05, 4.69) is 5.32 Å². The molecule has 5 amide bonds. The van der Waals surface area contributed by atoms with Crippen molar-refractivity contribution in [3.8, 4) is 0 Å². The molecule has 0 bridgehead atoms. The fourth-order valence-corrected chi connectivity index (χ4v) is 5.84. The smallest absolute Gasteiger partial charge is 0.327 e. The zero-order valence-corrected chi connectivity index (χ0v) is 23.2. The fraction of sp³-hybridized carbons (Fsp3) is 0.556. The predicted molar refractivity (Wildman–Crippen MR) is 147 cm³/mol. The van der Waals surface area contributed by atoms with Gasteiger partial charge in [-0.3, -0.25) is 19.3 Å². The molecule has 1 N–H and O–H groups in total. The molecule has 2 unspecified atom stereocenters. The van der Waals surface area contributed by atoms with Crippen molar-refractivity contribution in [1.82, 2.24) is 20.0 Å². The summed E-state index contributed by atoms with van der Waals surface area (Å²) < 4.78 is 0. The molecule has 1 saturated heterocycles. The molecule has 2 heterocycles. The average Bonchev–Trinajstić information content (AvgIpc) is 3.37. The Hall–Kier alpha value is -2.52. The Bertz CT molecular complexity index is 998. The van der Waals surface area contributed by atoms with Gasteiger partial charge in [-0.05, 0) is 42.7 Å². The molecule has 202 valence electrons. The van der Waals surface area contributed by atoms with E-state index in [1.807, 2.05) is 43.5 Å². The van der Waals surface area contributed by atoms with Crippen LogP contribution in [0.15, 0.2) is 35.7 Å². The highest BCUT2D eigenvalue weighted by Crippen LogP contribution is 2.34. The third kappa shape index (κ3) is 7.74. The molecule has 3 rings (SSSR count). The van der Waals surface area contributed by atoms with E-state index in [0.29, 0.717) is 50.3 Å². The second-order valence-electron chi connectivity index (χ2n) is 9.34. The number of carbonyl (C=O) groups is 4. The average molecular weight is 549 g/mol. The summed E-state index contributed by atoms with van der Waals surface area (Å²) in [5.41, 5.74) is 0.868. The number of fused-ring (bicyclic) bond motifs is 1. The lowest BCUT2D eigenvalue weighted by Crippen LogP contribution is -2.63. The Morgan fingerprint density at radius 2 is 1.81 bits per heavy atom. The van der Waals surface area contributed by atoms with Crippen LogP contribution in [0.25, 0.3) is 0 Å². The van der Waals surface area contributed by atoms with Gasteiger partial charge >= 0.3 is 6.03 Å². The number of unbranched alkanes of at least 4 members (excludes halogenated alkanes) is 2. The van der Waals surface area contributed by atoms with Gasteiger partial charge in [-0.2, -0.15) is 0 Å². The van der Waals surface area contributed by atoms with E-state index < -0.39 is 17.3 Å². The first-order valence-electron chi connectivity index (χ1n) is 13.1. The van der Waals surface area contributed by atoms with Crippen LogP contribution in [0.3, 0.4) is 0 Å². The minimum atomic E-state index is -0.410. The second-order valence-corrected chi connectivity index (χ2v) is 10.8. The molecule has 37 heavy (non-hydrogen) atoms. The molecule has 1 aromatic carbocycles. The Balaban J connectivity index is 1.48. The molecule has 0 spiro atoms. The normalized spacial score (nSPS) is 18.8. The summed E-state index contributed by atoms with van der Waals surface area (Å²) in [6.45, 7) is 5.99.